The number of rotatable bonds is 7. The number of alkyl halides is 4. The molecule has 0 saturated carbocycles. The Kier molecular flexibility index (Phi) is 8.19. The Hall–Kier alpha value is -2.74. The second-order valence-electron chi connectivity index (χ2n) is 9.64. The van der Waals surface area contributed by atoms with Gasteiger partial charge < -0.3 is 9.64 Å². The molecule has 1 atom stereocenters. The minimum absolute atomic E-state index is 0.0640. The molecule has 0 aliphatic carbocycles. The van der Waals surface area contributed by atoms with E-state index in [-0.39, 0.29) is 42.1 Å². The molecule has 1 aromatic carbocycles. The lowest BCUT2D eigenvalue weighted by molar-refractivity contribution is -0.137. The fraction of sp³-hybridized carbons (Fsp3) is 0.500. The van der Waals surface area contributed by atoms with Gasteiger partial charge in [0.25, 0.3) is 5.91 Å². The molecule has 1 amide bonds. The van der Waals surface area contributed by atoms with Gasteiger partial charge in [0.2, 0.25) is 16.2 Å². The van der Waals surface area contributed by atoms with Crippen molar-refractivity contribution in [2.24, 2.45) is 5.92 Å². The van der Waals surface area contributed by atoms with Gasteiger partial charge in [-0.1, -0.05) is 0 Å². The Morgan fingerprint density at radius 2 is 1.68 bits per heavy atom. The molecular weight excluding hydrogens is 552 g/mol. The van der Waals surface area contributed by atoms with E-state index in [1.165, 1.54) is 30.9 Å². The molecule has 0 N–H and O–H groups in total. The van der Waals surface area contributed by atoms with Crippen molar-refractivity contribution in [3.05, 3.63) is 47.7 Å². The van der Waals surface area contributed by atoms with E-state index in [2.05, 4.69) is 4.98 Å². The number of pyridine rings is 1. The quantitative estimate of drug-likeness (QED) is 0.449. The standard InChI is InChI=1S/C24H28F4N2O6S2/c1-15(25)36-18-5-6-19(20(14-18)37(4,32)33)22(31)30-11-8-16(9-12-30)23(2,3)38(34,35)21-13-17(7-10-29-21)24(26,27)28/h5-7,10,13-16H,8-9,11-12H2,1-4H3. The van der Waals surface area contributed by atoms with Crippen LogP contribution in [0.25, 0.3) is 0 Å². The SMILES string of the molecule is CC(F)Oc1ccc(C(=O)N2CCC(C(C)(C)S(=O)(=O)c3cc(C(F)(F)F)ccn3)CC2)c(S(C)(=O)=O)c1. The third-order valence-corrected chi connectivity index (χ3v) is 10.3. The van der Waals surface area contributed by atoms with E-state index in [0.29, 0.717) is 12.1 Å². The maximum atomic E-state index is 13.3. The molecule has 1 saturated heterocycles. The number of ether oxygens (including phenoxy) is 1. The summed E-state index contributed by atoms with van der Waals surface area (Å²) in [7, 11) is -8.18. The van der Waals surface area contributed by atoms with Crippen molar-refractivity contribution in [2.75, 3.05) is 19.3 Å². The average Bonchev–Trinajstić information content (AvgIpc) is 2.82. The van der Waals surface area contributed by atoms with E-state index in [9.17, 15) is 39.2 Å². The predicted molar refractivity (Wildman–Crippen MR) is 130 cm³/mol. The van der Waals surface area contributed by atoms with Crippen molar-refractivity contribution in [1.29, 1.82) is 0 Å². The van der Waals surface area contributed by atoms with Crippen LogP contribution >= 0.6 is 0 Å². The van der Waals surface area contributed by atoms with Crippen molar-refractivity contribution < 1.29 is 43.9 Å². The lowest BCUT2D eigenvalue weighted by Gasteiger charge is -2.40. The molecule has 2 heterocycles. The average molecular weight is 581 g/mol. The number of aromatic nitrogens is 1. The van der Waals surface area contributed by atoms with E-state index in [0.717, 1.165) is 25.4 Å². The first-order valence-electron chi connectivity index (χ1n) is 11.6. The van der Waals surface area contributed by atoms with Crippen LogP contribution in [0.2, 0.25) is 0 Å². The van der Waals surface area contributed by atoms with Crippen LogP contribution in [0.5, 0.6) is 5.75 Å². The van der Waals surface area contributed by atoms with E-state index >= 15 is 0 Å². The number of amides is 1. The smallest absolute Gasteiger partial charge is 0.416 e. The second-order valence-corrected chi connectivity index (χ2v) is 14.1. The number of piperidine rings is 1. The number of carbonyl (C=O) groups excluding carboxylic acids is 1. The van der Waals surface area contributed by atoms with Crippen LogP contribution in [0, 0.1) is 5.92 Å². The minimum Gasteiger partial charge on any atom is -0.461 e. The number of sulfone groups is 2. The highest BCUT2D eigenvalue weighted by atomic mass is 32.2. The van der Waals surface area contributed by atoms with Crippen LogP contribution in [0.1, 0.15) is 49.5 Å². The maximum absolute atomic E-state index is 13.3. The second kappa shape index (κ2) is 10.4. The first-order valence-corrected chi connectivity index (χ1v) is 14.9. The topological polar surface area (TPSA) is 111 Å². The van der Waals surface area contributed by atoms with Gasteiger partial charge in [-0.3, -0.25) is 4.79 Å². The summed E-state index contributed by atoms with van der Waals surface area (Å²) in [5.41, 5.74) is -1.26. The van der Waals surface area contributed by atoms with Gasteiger partial charge >= 0.3 is 6.18 Å². The summed E-state index contributed by atoms with van der Waals surface area (Å²) in [5.74, 6) is -1.20. The Balaban J connectivity index is 1.81. The Morgan fingerprint density at radius 1 is 1.08 bits per heavy atom. The van der Waals surface area contributed by atoms with E-state index in [1.807, 2.05) is 0 Å². The molecule has 0 radical (unpaired) electrons. The van der Waals surface area contributed by atoms with Crippen molar-refractivity contribution in [3.63, 3.8) is 0 Å². The molecule has 38 heavy (non-hydrogen) atoms. The van der Waals surface area contributed by atoms with Crippen LogP contribution in [-0.2, 0) is 25.9 Å². The summed E-state index contributed by atoms with van der Waals surface area (Å²) in [6.07, 6.45) is -4.33. The first-order chi connectivity index (χ1) is 17.4. The summed E-state index contributed by atoms with van der Waals surface area (Å²) >= 11 is 0. The Morgan fingerprint density at radius 3 is 2.21 bits per heavy atom. The maximum Gasteiger partial charge on any atom is 0.416 e. The zero-order valence-electron chi connectivity index (χ0n) is 21.1. The summed E-state index contributed by atoms with van der Waals surface area (Å²) in [6.45, 7) is 4.12. The fourth-order valence-corrected chi connectivity index (χ4v) is 7.00. The van der Waals surface area contributed by atoms with Crippen LogP contribution in [0.15, 0.2) is 46.5 Å². The highest BCUT2D eigenvalue weighted by Crippen LogP contribution is 2.39. The molecule has 210 valence electrons. The van der Waals surface area contributed by atoms with Crippen LogP contribution in [0.3, 0.4) is 0 Å². The van der Waals surface area contributed by atoms with Crippen molar-refractivity contribution in [2.45, 2.75) is 60.8 Å². The van der Waals surface area contributed by atoms with Gasteiger partial charge in [-0.2, -0.15) is 13.2 Å². The van der Waals surface area contributed by atoms with Crippen molar-refractivity contribution in [3.8, 4) is 5.75 Å². The molecule has 3 rings (SSSR count). The molecule has 0 bridgehead atoms. The number of halogens is 4. The third kappa shape index (κ3) is 6.11. The normalized spacial score (nSPS) is 16.8. The molecule has 1 fully saturated rings. The number of benzene rings is 1. The molecule has 8 nitrogen and oxygen atoms in total. The van der Waals surface area contributed by atoms with Gasteiger partial charge in [0.1, 0.15) is 5.75 Å². The molecule has 1 aliphatic heterocycles. The summed E-state index contributed by atoms with van der Waals surface area (Å²) in [4.78, 5) is 17.9. The third-order valence-electron chi connectivity index (χ3n) is 6.68. The summed E-state index contributed by atoms with van der Waals surface area (Å²) < 4.78 is 107. The highest BCUT2D eigenvalue weighted by molar-refractivity contribution is 7.92. The Bertz CT molecular complexity index is 1420. The zero-order chi connectivity index (χ0) is 28.7. The summed E-state index contributed by atoms with van der Waals surface area (Å²) in [6, 6.07) is 4.79. The Labute approximate surface area is 218 Å². The number of nitrogens with zero attached hydrogens (tertiary/aromatic N) is 2. The number of hydrogen-bond acceptors (Lipinski definition) is 7. The van der Waals surface area contributed by atoms with E-state index < -0.39 is 59.4 Å². The molecule has 2 aromatic rings. The molecule has 14 heteroatoms. The lowest BCUT2D eigenvalue weighted by Crippen LogP contribution is -2.48. The molecule has 1 aliphatic rings. The molecule has 0 spiro atoms. The van der Waals surface area contributed by atoms with Gasteiger partial charge in [-0.25, -0.2) is 26.2 Å². The van der Waals surface area contributed by atoms with Crippen LogP contribution < -0.4 is 4.74 Å². The monoisotopic (exact) mass is 580 g/mol. The summed E-state index contributed by atoms with van der Waals surface area (Å²) in [5, 5.41) is -0.682. The van der Waals surface area contributed by atoms with E-state index in [4.69, 9.17) is 4.74 Å². The number of hydrogen-bond donors (Lipinski definition) is 0. The predicted octanol–water partition coefficient (Wildman–Crippen LogP) is 4.30. The first kappa shape index (κ1) is 29.8. The fourth-order valence-electron chi connectivity index (χ4n) is 4.42. The van der Waals surface area contributed by atoms with Crippen molar-refractivity contribution >= 4 is 25.6 Å². The number of likely N-dealkylation sites (tertiary alicyclic amines) is 1. The van der Waals surface area contributed by atoms with Gasteiger partial charge in [0.05, 0.1) is 20.8 Å². The minimum atomic E-state index is -4.73. The van der Waals surface area contributed by atoms with Gasteiger partial charge in [0.15, 0.2) is 14.9 Å². The van der Waals surface area contributed by atoms with Gasteiger partial charge in [-0.05, 0) is 62.9 Å². The van der Waals surface area contributed by atoms with Crippen molar-refractivity contribution in [1.82, 2.24) is 9.88 Å². The van der Waals surface area contributed by atoms with Crippen LogP contribution in [0.4, 0.5) is 17.6 Å². The van der Waals surface area contributed by atoms with Crippen LogP contribution in [-0.4, -0.2) is 63.1 Å². The van der Waals surface area contributed by atoms with Gasteiger partial charge in [0, 0.05) is 32.5 Å². The zero-order valence-corrected chi connectivity index (χ0v) is 22.8. The van der Waals surface area contributed by atoms with Gasteiger partial charge in [-0.15, -0.1) is 0 Å². The molecule has 1 aromatic heterocycles. The number of carbonyl (C=O) groups is 1. The molecule has 1 unspecified atom stereocenters. The van der Waals surface area contributed by atoms with E-state index in [1.54, 1.807) is 0 Å². The largest absolute Gasteiger partial charge is 0.461 e. The highest BCUT2D eigenvalue weighted by Gasteiger charge is 2.46. The lowest BCUT2D eigenvalue weighted by atomic mass is 9.85. The molecular formula is C24H28F4N2O6S2.